The molecule has 1 aliphatic rings. The van der Waals surface area contributed by atoms with Gasteiger partial charge >= 0.3 is 5.97 Å². The minimum atomic E-state index is -0.775. The first-order valence-electron chi connectivity index (χ1n) is 3.92. The molecule has 0 spiro atoms. The molecule has 62 valence electrons. The smallest absolute Gasteiger partial charge is 0.333 e. The highest BCUT2D eigenvalue weighted by atomic mass is 16.4. The van der Waals surface area contributed by atoms with Gasteiger partial charge in [-0.3, -0.25) is 0 Å². The van der Waals surface area contributed by atoms with Gasteiger partial charge in [-0.15, -0.1) is 0 Å². The highest BCUT2D eigenvalue weighted by molar-refractivity contribution is 5.86. The molecule has 0 saturated carbocycles. The van der Waals surface area contributed by atoms with Gasteiger partial charge in [0.2, 0.25) is 0 Å². The van der Waals surface area contributed by atoms with Crippen molar-refractivity contribution in [3.05, 3.63) is 11.8 Å². The highest BCUT2D eigenvalue weighted by Crippen LogP contribution is 2.13. The van der Waals surface area contributed by atoms with Crippen LogP contribution in [-0.2, 0) is 4.79 Å². The molecule has 0 amide bonds. The number of hydrogen-bond donors (Lipinski definition) is 1. The van der Waals surface area contributed by atoms with Crippen molar-refractivity contribution in [2.24, 2.45) is 0 Å². The Morgan fingerprint density at radius 2 is 2.55 bits per heavy atom. The minimum absolute atomic E-state index is 0.540. The molecular formula is C8H13NO2. The lowest BCUT2D eigenvalue weighted by molar-refractivity contribution is -0.133. The summed E-state index contributed by atoms with van der Waals surface area (Å²) in [5.74, 6) is -0.775. The summed E-state index contributed by atoms with van der Waals surface area (Å²) in [5.41, 5.74) is 0.540. The number of rotatable bonds is 2. The van der Waals surface area contributed by atoms with Gasteiger partial charge in [-0.25, -0.2) is 4.79 Å². The van der Waals surface area contributed by atoms with E-state index in [9.17, 15) is 4.79 Å². The van der Waals surface area contributed by atoms with Crippen LogP contribution in [0.2, 0.25) is 0 Å². The first-order valence-corrected chi connectivity index (χ1v) is 3.92. The molecule has 0 unspecified atom stereocenters. The standard InChI is InChI=1S/C8H13NO2/c1-2-9-5-3-4-7(6-9)8(10)11/h6H,2-5H2,1H3,(H,10,11). The Hall–Kier alpha value is -0.990. The lowest BCUT2D eigenvalue weighted by atomic mass is 10.1. The predicted molar refractivity (Wildman–Crippen MR) is 42.2 cm³/mol. The molecule has 0 aromatic carbocycles. The molecule has 0 saturated heterocycles. The topological polar surface area (TPSA) is 40.5 Å². The van der Waals surface area contributed by atoms with Crippen LogP contribution in [0, 0.1) is 0 Å². The van der Waals surface area contributed by atoms with E-state index in [1.54, 1.807) is 6.20 Å². The molecule has 11 heavy (non-hydrogen) atoms. The van der Waals surface area contributed by atoms with Crippen molar-refractivity contribution in [2.75, 3.05) is 13.1 Å². The fourth-order valence-electron chi connectivity index (χ4n) is 1.23. The third kappa shape index (κ3) is 1.97. The zero-order chi connectivity index (χ0) is 8.27. The molecule has 0 fully saturated rings. The second-order valence-corrected chi connectivity index (χ2v) is 2.69. The zero-order valence-electron chi connectivity index (χ0n) is 6.71. The van der Waals surface area contributed by atoms with Crippen LogP contribution in [0.25, 0.3) is 0 Å². The molecule has 3 heteroatoms. The van der Waals surface area contributed by atoms with Gasteiger partial charge in [0.15, 0.2) is 0 Å². The molecule has 1 N–H and O–H groups in total. The van der Waals surface area contributed by atoms with Gasteiger partial charge in [0, 0.05) is 19.3 Å². The van der Waals surface area contributed by atoms with Crippen molar-refractivity contribution in [3.63, 3.8) is 0 Å². The van der Waals surface area contributed by atoms with E-state index >= 15 is 0 Å². The van der Waals surface area contributed by atoms with Crippen LogP contribution in [0.1, 0.15) is 19.8 Å². The summed E-state index contributed by atoms with van der Waals surface area (Å²) in [6.45, 7) is 3.92. The molecule has 0 bridgehead atoms. The average Bonchev–Trinajstić information content (AvgIpc) is 2.05. The number of aliphatic carboxylic acids is 1. The van der Waals surface area contributed by atoms with E-state index in [-0.39, 0.29) is 0 Å². The van der Waals surface area contributed by atoms with E-state index in [4.69, 9.17) is 5.11 Å². The fraction of sp³-hybridized carbons (Fsp3) is 0.625. The Morgan fingerprint density at radius 1 is 1.82 bits per heavy atom. The Kier molecular flexibility index (Phi) is 2.52. The molecular weight excluding hydrogens is 142 g/mol. The molecule has 0 aromatic rings. The molecule has 0 radical (unpaired) electrons. The van der Waals surface area contributed by atoms with E-state index in [0.717, 1.165) is 19.5 Å². The summed E-state index contributed by atoms with van der Waals surface area (Å²) in [6.07, 6.45) is 3.43. The lowest BCUT2D eigenvalue weighted by Crippen LogP contribution is -2.24. The number of carbonyl (C=O) groups is 1. The average molecular weight is 155 g/mol. The van der Waals surface area contributed by atoms with Crippen LogP contribution in [0.3, 0.4) is 0 Å². The van der Waals surface area contributed by atoms with Gasteiger partial charge in [-0.1, -0.05) is 0 Å². The second-order valence-electron chi connectivity index (χ2n) is 2.69. The summed E-state index contributed by atoms with van der Waals surface area (Å²) in [5, 5.41) is 8.66. The first kappa shape index (κ1) is 8.11. The fourth-order valence-corrected chi connectivity index (χ4v) is 1.23. The van der Waals surface area contributed by atoms with Gasteiger partial charge in [0.1, 0.15) is 0 Å². The molecule has 1 heterocycles. The van der Waals surface area contributed by atoms with Crippen molar-refractivity contribution in [1.82, 2.24) is 4.90 Å². The second kappa shape index (κ2) is 3.42. The molecule has 1 aliphatic heterocycles. The Morgan fingerprint density at radius 3 is 3.09 bits per heavy atom. The van der Waals surface area contributed by atoms with E-state index in [2.05, 4.69) is 0 Å². The normalized spacial score (nSPS) is 17.9. The maximum atomic E-state index is 10.5. The van der Waals surface area contributed by atoms with Crippen molar-refractivity contribution >= 4 is 5.97 Å². The Bertz CT molecular complexity index is 187. The van der Waals surface area contributed by atoms with Gasteiger partial charge < -0.3 is 10.0 Å². The summed E-state index contributed by atoms with van der Waals surface area (Å²) in [7, 11) is 0. The van der Waals surface area contributed by atoms with Crippen LogP contribution in [0.15, 0.2) is 11.8 Å². The van der Waals surface area contributed by atoms with Crippen LogP contribution >= 0.6 is 0 Å². The van der Waals surface area contributed by atoms with E-state index in [0.29, 0.717) is 12.0 Å². The van der Waals surface area contributed by atoms with Crippen LogP contribution in [0.5, 0.6) is 0 Å². The van der Waals surface area contributed by atoms with E-state index in [1.165, 1.54) is 0 Å². The molecule has 1 rings (SSSR count). The van der Waals surface area contributed by atoms with Gasteiger partial charge in [0.05, 0.1) is 5.57 Å². The predicted octanol–water partition coefficient (Wildman–Crippen LogP) is 1.07. The van der Waals surface area contributed by atoms with E-state index in [1.807, 2.05) is 11.8 Å². The summed E-state index contributed by atoms with van der Waals surface area (Å²) in [6, 6.07) is 0. The van der Waals surface area contributed by atoms with Gasteiger partial charge in [-0.2, -0.15) is 0 Å². The van der Waals surface area contributed by atoms with Crippen molar-refractivity contribution in [3.8, 4) is 0 Å². The monoisotopic (exact) mass is 155 g/mol. The Balaban J connectivity index is 2.64. The SMILES string of the molecule is CCN1C=C(C(=O)O)CCC1. The molecule has 0 aromatic heterocycles. The summed E-state index contributed by atoms with van der Waals surface area (Å²) >= 11 is 0. The zero-order valence-corrected chi connectivity index (χ0v) is 6.71. The summed E-state index contributed by atoms with van der Waals surface area (Å²) < 4.78 is 0. The largest absolute Gasteiger partial charge is 0.478 e. The molecule has 3 nitrogen and oxygen atoms in total. The Labute approximate surface area is 66.3 Å². The molecule has 0 aliphatic carbocycles. The number of hydrogen-bond acceptors (Lipinski definition) is 2. The van der Waals surface area contributed by atoms with Crippen LogP contribution in [0.4, 0.5) is 0 Å². The summed E-state index contributed by atoms with van der Waals surface area (Å²) in [4.78, 5) is 12.6. The lowest BCUT2D eigenvalue weighted by Gasteiger charge is -2.23. The first-order chi connectivity index (χ1) is 5.24. The maximum absolute atomic E-state index is 10.5. The van der Waals surface area contributed by atoms with Crippen molar-refractivity contribution in [1.29, 1.82) is 0 Å². The van der Waals surface area contributed by atoms with E-state index < -0.39 is 5.97 Å². The highest BCUT2D eigenvalue weighted by Gasteiger charge is 2.13. The van der Waals surface area contributed by atoms with Gasteiger partial charge in [-0.05, 0) is 19.8 Å². The van der Waals surface area contributed by atoms with Gasteiger partial charge in [0.25, 0.3) is 0 Å². The molecule has 0 atom stereocenters. The van der Waals surface area contributed by atoms with Crippen molar-refractivity contribution < 1.29 is 9.90 Å². The third-order valence-electron chi connectivity index (χ3n) is 1.91. The number of carboxylic acids is 1. The minimum Gasteiger partial charge on any atom is -0.478 e. The van der Waals surface area contributed by atoms with Crippen LogP contribution in [-0.4, -0.2) is 29.1 Å². The number of carboxylic acid groups (broad SMARTS) is 1. The quantitative estimate of drug-likeness (QED) is 0.648. The van der Waals surface area contributed by atoms with Crippen molar-refractivity contribution in [2.45, 2.75) is 19.8 Å². The van der Waals surface area contributed by atoms with Crippen LogP contribution < -0.4 is 0 Å². The number of nitrogens with zero attached hydrogens (tertiary/aromatic N) is 1. The third-order valence-corrected chi connectivity index (χ3v) is 1.91. The maximum Gasteiger partial charge on any atom is 0.333 e.